The SMILES string of the molecule is CCC(CC)(NS(=O)(=O)N1CCCC1)C(=N)N. The van der Waals surface area contributed by atoms with Gasteiger partial charge in [-0.1, -0.05) is 13.8 Å². The topological polar surface area (TPSA) is 99.3 Å². The molecule has 0 aromatic carbocycles. The van der Waals surface area contributed by atoms with Crippen molar-refractivity contribution in [2.75, 3.05) is 13.1 Å². The zero-order valence-electron chi connectivity index (χ0n) is 10.5. The molecule has 0 aliphatic carbocycles. The maximum atomic E-state index is 12.1. The summed E-state index contributed by atoms with van der Waals surface area (Å²) in [6.45, 7) is 4.77. The minimum atomic E-state index is -3.52. The first-order valence-electron chi connectivity index (χ1n) is 6.01. The van der Waals surface area contributed by atoms with Crippen LogP contribution in [0.1, 0.15) is 39.5 Å². The Morgan fingerprint density at radius 3 is 2.18 bits per heavy atom. The molecule has 100 valence electrons. The monoisotopic (exact) mass is 262 g/mol. The van der Waals surface area contributed by atoms with Crippen LogP contribution < -0.4 is 10.5 Å². The lowest BCUT2D eigenvalue weighted by Crippen LogP contribution is -2.59. The Labute approximate surface area is 103 Å². The fraction of sp³-hybridized carbons (Fsp3) is 0.900. The molecule has 0 bridgehead atoms. The summed E-state index contributed by atoms with van der Waals surface area (Å²) < 4.78 is 28.3. The summed E-state index contributed by atoms with van der Waals surface area (Å²) >= 11 is 0. The van der Waals surface area contributed by atoms with Crippen LogP contribution in [0, 0.1) is 5.41 Å². The first kappa shape index (κ1) is 14.4. The summed E-state index contributed by atoms with van der Waals surface area (Å²) in [5.41, 5.74) is 4.59. The van der Waals surface area contributed by atoms with Crippen molar-refractivity contribution >= 4 is 16.0 Å². The molecule has 0 atom stereocenters. The molecule has 1 rings (SSSR count). The zero-order valence-corrected chi connectivity index (χ0v) is 11.3. The molecule has 7 heteroatoms. The first-order chi connectivity index (χ1) is 7.88. The summed E-state index contributed by atoms with van der Waals surface area (Å²) in [5, 5.41) is 7.58. The highest BCUT2D eigenvalue weighted by Gasteiger charge is 2.37. The molecule has 1 heterocycles. The van der Waals surface area contributed by atoms with Gasteiger partial charge in [0.2, 0.25) is 0 Å². The molecule has 4 N–H and O–H groups in total. The quantitative estimate of drug-likeness (QED) is 0.477. The van der Waals surface area contributed by atoms with Crippen molar-refractivity contribution in [3.05, 3.63) is 0 Å². The summed E-state index contributed by atoms with van der Waals surface area (Å²) in [6, 6.07) is 0. The third kappa shape index (κ3) is 2.97. The molecule has 0 amide bonds. The van der Waals surface area contributed by atoms with E-state index >= 15 is 0 Å². The molecule has 6 nitrogen and oxygen atoms in total. The smallest absolute Gasteiger partial charge is 0.280 e. The maximum Gasteiger partial charge on any atom is 0.280 e. The average Bonchev–Trinajstić information content (AvgIpc) is 2.79. The molecule has 0 aromatic heterocycles. The molecule has 0 unspecified atom stereocenters. The van der Waals surface area contributed by atoms with Gasteiger partial charge in [0.15, 0.2) is 0 Å². The van der Waals surface area contributed by atoms with Crippen LogP contribution in [0.3, 0.4) is 0 Å². The van der Waals surface area contributed by atoms with Gasteiger partial charge >= 0.3 is 0 Å². The van der Waals surface area contributed by atoms with E-state index in [2.05, 4.69) is 4.72 Å². The van der Waals surface area contributed by atoms with Gasteiger partial charge in [-0.15, -0.1) is 0 Å². The largest absolute Gasteiger partial charge is 0.386 e. The molecule has 1 aliphatic rings. The minimum Gasteiger partial charge on any atom is -0.386 e. The van der Waals surface area contributed by atoms with Gasteiger partial charge in [0, 0.05) is 13.1 Å². The van der Waals surface area contributed by atoms with Crippen molar-refractivity contribution in [2.45, 2.75) is 45.1 Å². The summed E-state index contributed by atoms with van der Waals surface area (Å²) in [5.74, 6) is -0.120. The van der Waals surface area contributed by atoms with E-state index in [0.717, 1.165) is 12.8 Å². The number of nitrogens with one attached hydrogen (secondary N) is 2. The molecule has 1 aliphatic heterocycles. The van der Waals surface area contributed by atoms with Crippen LogP contribution in [0.2, 0.25) is 0 Å². The van der Waals surface area contributed by atoms with E-state index in [1.165, 1.54) is 4.31 Å². The second-order valence-electron chi connectivity index (χ2n) is 4.42. The Morgan fingerprint density at radius 1 is 1.35 bits per heavy atom. The van der Waals surface area contributed by atoms with Crippen LogP contribution in [-0.4, -0.2) is 37.2 Å². The number of rotatable bonds is 6. The van der Waals surface area contributed by atoms with Crippen LogP contribution in [-0.2, 0) is 10.2 Å². The van der Waals surface area contributed by atoms with Crippen LogP contribution >= 0.6 is 0 Å². The standard InChI is InChI=1S/C10H22N4O2S/c1-3-10(4-2,9(11)12)13-17(15,16)14-7-5-6-8-14/h13H,3-8H2,1-2H3,(H3,11,12). The predicted molar refractivity (Wildman–Crippen MR) is 68.1 cm³/mol. The normalized spacial score (nSPS) is 18.5. The molecular weight excluding hydrogens is 240 g/mol. The second kappa shape index (κ2) is 5.32. The van der Waals surface area contributed by atoms with Crippen molar-refractivity contribution in [3.63, 3.8) is 0 Å². The minimum absolute atomic E-state index is 0.120. The van der Waals surface area contributed by atoms with Crippen LogP contribution in [0.4, 0.5) is 0 Å². The fourth-order valence-electron chi connectivity index (χ4n) is 2.07. The molecule has 0 radical (unpaired) electrons. The third-order valence-corrected chi connectivity index (χ3v) is 5.15. The van der Waals surface area contributed by atoms with E-state index in [1.54, 1.807) is 0 Å². The van der Waals surface area contributed by atoms with E-state index in [4.69, 9.17) is 11.1 Å². The molecule has 0 spiro atoms. The molecule has 0 aromatic rings. The Balaban J connectivity index is 2.89. The molecule has 17 heavy (non-hydrogen) atoms. The van der Waals surface area contributed by atoms with Gasteiger partial charge in [0.25, 0.3) is 10.2 Å². The molecule has 1 fully saturated rings. The number of hydrogen-bond donors (Lipinski definition) is 3. The first-order valence-corrected chi connectivity index (χ1v) is 7.45. The highest BCUT2D eigenvalue weighted by Crippen LogP contribution is 2.19. The number of amidine groups is 1. The Morgan fingerprint density at radius 2 is 1.82 bits per heavy atom. The van der Waals surface area contributed by atoms with Gasteiger partial charge in [0.05, 0.1) is 5.54 Å². The van der Waals surface area contributed by atoms with Gasteiger partial charge in [-0.3, -0.25) is 5.41 Å². The molecule has 0 saturated carbocycles. The van der Waals surface area contributed by atoms with Crippen molar-refractivity contribution in [3.8, 4) is 0 Å². The van der Waals surface area contributed by atoms with E-state index in [0.29, 0.717) is 25.9 Å². The second-order valence-corrected chi connectivity index (χ2v) is 6.09. The highest BCUT2D eigenvalue weighted by atomic mass is 32.2. The lowest BCUT2D eigenvalue weighted by Gasteiger charge is -2.32. The van der Waals surface area contributed by atoms with Gasteiger partial charge in [0.1, 0.15) is 5.84 Å². The van der Waals surface area contributed by atoms with Crippen molar-refractivity contribution in [1.82, 2.24) is 9.03 Å². The summed E-state index contributed by atoms with van der Waals surface area (Å²) in [6.07, 6.45) is 2.75. The predicted octanol–water partition coefficient (Wildman–Crippen LogP) is 0.411. The summed E-state index contributed by atoms with van der Waals surface area (Å²) in [7, 11) is -3.52. The van der Waals surface area contributed by atoms with Gasteiger partial charge in [-0.25, -0.2) is 0 Å². The van der Waals surface area contributed by atoms with Gasteiger partial charge in [-0.05, 0) is 25.7 Å². The van der Waals surface area contributed by atoms with Gasteiger partial charge < -0.3 is 5.73 Å². The lowest BCUT2D eigenvalue weighted by atomic mass is 9.93. The lowest BCUT2D eigenvalue weighted by molar-refractivity contribution is 0.414. The zero-order chi connectivity index (χ0) is 13.1. The van der Waals surface area contributed by atoms with Crippen LogP contribution in [0.15, 0.2) is 0 Å². The van der Waals surface area contributed by atoms with Crippen LogP contribution in [0.25, 0.3) is 0 Å². The maximum absolute atomic E-state index is 12.1. The van der Waals surface area contributed by atoms with Crippen molar-refractivity contribution in [2.24, 2.45) is 5.73 Å². The fourth-order valence-corrected chi connectivity index (χ4v) is 3.83. The van der Waals surface area contributed by atoms with Crippen molar-refractivity contribution in [1.29, 1.82) is 5.41 Å². The Kier molecular flexibility index (Phi) is 4.51. The number of nitrogens with two attached hydrogens (primary N) is 1. The number of hydrogen-bond acceptors (Lipinski definition) is 3. The van der Waals surface area contributed by atoms with E-state index in [1.807, 2.05) is 13.8 Å². The van der Waals surface area contributed by atoms with E-state index in [-0.39, 0.29) is 5.84 Å². The molecule has 1 saturated heterocycles. The molecular formula is C10H22N4O2S. The Hall–Kier alpha value is -0.660. The van der Waals surface area contributed by atoms with E-state index in [9.17, 15) is 8.42 Å². The average molecular weight is 262 g/mol. The third-order valence-electron chi connectivity index (χ3n) is 3.45. The number of nitrogens with zero attached hydrogens (tertiary/aromatic N) is 1. The van der Waals surface area contributed by atoms with Crippen LogP contribution in [0.5, 0.6) is 0 Å². The summed E-state index contributed by atoms with van der Waals surface area (Å²) in [4.78, 5) is 0. The highest BCUT2D eigenvalue weighted by molar-refractivity contribution is 7.87. The van der Waals surface area contributed by atoms with Crippen molar-refractivity contribution < 1.29 is 8.42 Å². The Bertz CT molecular complexity index is 370. The van der Waals surface area contributed by atoms with E-state index < -0.39 is 15.7 Å². The van der Waals surface area contributed by atoms with Gasteiger partial charge in [-0.2, -0.15) is 17.4 Å².